The van der Waals surface area contributed by atoms with Crippen molar-refractivity contribution in [1.82, 2.24) is 9.38 Å². The van der Waals surface area contributed by atoms with Gasteiger partial charge in [-0.3, -0.25) is 9.20 Å². The van der Waals surface area contributed by atoms with Gasteiger partial charge < -0.3 is 10.1 Å². The number of fused-ring (bicyclic) bond motifs is 1. The number of anilines is 1. The SMILES string of the molecule is O=COc1c(NCc2ccc(C(F)(F)F)c(F)c2)ccc2nccn12. The molecule has 0 atom stereocenters. The summed E-state index contributed by atoms with van der Waals surface area (Å²) in [6.07, 6.45) is -1.65. The number of pyridine rings is 1. The third kappa shape index (κ3) is 3.39. The van der Waals surface area contributed by atoms with E-state index in [-0.39, 0.29) is 18.9 Å². The first-order valence-corrected chi connectivity index (χ1v) is 7.06. The van der Waals surface area contributed by atoms with Gasteiger partial charge in [0.2, 0.25) is 5.88 Å². The number of nitrogens with zero attached hydrogens (tertiary/aromatic N) is 2. The van der Waals surface area contributed by atoms with Crippen LogP contribution in [0.3, 0.4) is 0 Å². The molecule has 0 spiro atoms. The molecule has 1 aromatic carbocycles. The second-order valence-electron chi connectivity index (χ2n) is 5.09. The number of carbonyl (C=O) groups is 1. The van der Waals surface area contributed by atoms with Gasteiger partial charge >= 0.3 is 6.18 Å². The van der Waals surface area contributed by atoms with Gasteiger partial charge in [-0.05, 0) is 29.8 Å². The van der Waals surface area contributed by atoms with Gasteiger partial charge in [0.15, 0.2) is 0 Å². The Hall–Kier alpha value is -3.10. The Morgan fingerprint density at radius 1 is 1.24 bits per heavy atom. The van der Waals surface area contributed by atoms with Crippen molar-refractivity contribution in [3.63, 3.8) is 0 Å². The van der Waals surface area contributed by atoms with Crippen LogP contribution in [0.2, 0.25) is 0 Å². The summed E-state index contributed by atoms with van der Waals surface area (Å²) in [5.74, 6) is -1.18. The Labute approximate surface area is 138 Å². The van der Waals surface area contributed by atoms with Gasteiger partial charge in [0.1, 0.15) is 11.5 Å². The van der Waals surface area contributed by atoms with Crippen LogP contribution in [0, 0.1) is 5.82 Å². The topological polar surface area (TPSA) is 55.6 Å². The zero-order valence-corrected chi connectivity index (χ0v) is 12.5. The number of alkyl halides is 3. The molecule has 5 nitrogen and oxygen atoms in total. The number of hydrogen-bond donors (Lipinski definition) is 1. The standard InChI is InChI=1S/C16H11F4N3O2/c17-12-7-10(1-2-11(12)16(18,19)20)8-22-13-3-4-14-21-5-6-23(14)15(13)25-9-24/h1-7,9,22H,8H2. The smallest absolute Gasteiger partial charge is 0.409 e. The van der Waals surface area contributed by atoms with Crippen molar-refractivity contribution in [2.45, 2.75) is 12.7 Å². The quantitative estimate of drug-likeness (QED) is 0.562. The summed E-state index contributed by atoms with van der Waals surface area (Å²) in [6.45, 7) is 0.280. The lowest BCUT2D eigenvalue weighted by Gasteiger charge is -2.13. The van der Waals surface area contributed by atoms with Crippen molar-refractivity contribution in [3.05, 3.63) is 59.7 Å². The molecule has 0 bridgehead atoms. The van der Waals surface area contributed by atoms with Gasteiger partial charge in [-0.25, -0.2) is 9.37 Å². The largest absolute Gasteiger partial charge is 0.419 e. The first kappa shape index (κ1) is 16.7. The summed E-state index contributed by atoms with van der Waals surface area (Å²) in [5, 5.41) is 2.90. The number of ether oxygens (including phenoxy) is 1. The molecule has 0 aliphatic carbocycles. The number of nitrogens with one attached hydrogen (secondary N) is 1. The molecule has 0 saturated heterocycles. The van der Waals surface area contributed by atoms with Gasteiger partial charge in [0.05, 0.1) is 11.3 Å². The predicted molar refractivity (Wildman–Crippen MR) is 80.6 cm³/mol. The molecule has 130 valence electrons. The van der Waals surface area contributed by atoms with Crippen molar-refractivity contribution >= 4 is 17.8 Å². The summed E-state index contributed by atoms with van der Waals surface area (Å²) in [4.78, 5) is 14.8. The van der Waals surface area contributed by atoms with Gasteiger partial charge in [0, 0.05) is 18.9 Å². The van der Waals surface area contributed by atoms with Crippen LogP contribution in [0.4, 0.5) is 23.2 Å². The number of carbonyl (C=O) groups excluding carboxylic acids is 1. The van der Waals surface area contributed by atoms with Gasteiger partial charge in [-0.15, -0.1) is 0 Å². The fourth-order valence-corrected chi connectivity index (χ4v) is 2.37. The zero-order valence-electron chi connectivity index (χ0n) is 12.5. The summed E-state index contributed by atoms with van der Waals surface area (Å²) in [5.41, 5.74) is -0.0739. The number of aromatic nitrogens is 2. The van der Waals surface area contributed by atoms with E-state index in [4.69, 9.17) is 4.74 Å². The first-order valence-electron chi connectivity index (χ1n) is 7.06. The normalized spacial score (nSPS) is 11.5. The number of halogens is 4. The van der Waals surface area contributed by atoms with Crippen molar-refractivity contribution in [1.29, 1.82) is 0 Å². The molecule has 9 heteroatoms. The molecule has 25 heavy (non-hydrogen) atoms. The summed E-state index contributed by atoms with van der Waals surface area (Å²) in [6, 6.07) is 5.93. The lowest BCUT2D eigenvalue weighted by Crippen LogP contribution is -2.10. The van der Waals surface area contributed by atoms with E-state index in [1.165, 1.54) is 16.7 Å². The van der Waals surface area contributed by atoms with Crippen LogP contribution in [-0.4, -0.2) is 15.9 Å². The summed E-state index contributed by atoms with van der Waals surface area (Å²) >= 11 is 0. The Bertz CT molecular complexity index is 921. The van der Waals surface area contributed by atoms with Gasteiger partial charge in [-0.2, -0.15) is 13.2 Å². The van der Waals surface area contributed by atoms with Gasteiger partial charge in [-0.1, -0.05) is 6.07 Å². The third-order valence-corrected chi connectivity index (χ3v) is 3.50. The van der Waals surface area contributed by atoms with Crippen molar-refractivity contribution in [3.8, 4) is 5.88 Å². The number of hydrogen-bond acceptors (Lipinski definition) is 4. The van der Waals surface area contributed by atoms with Crippen LogP contribution in [0.1, 0.15) is 11.1 Å². The summed E-state index contributed by atoms with van der Waals surface area (Å²) < 4.78 is 57.8. The van der Waals surface area contributed by atoms with Crippen LogP contribution >= 0.6 is 0 Å². The Morgan fingerprint density at radius 3 is 2.72 bits per heavy atom. The van der Waals surface area contributed by atoms with Crippen molar-refractivity contribution in [2.24, 2.45) is 0 Å². The monoisotopic (exact) mass is 353 g/mol. The van der Waals surface area contributed by atoms with E-state index in [0.717, 1.165) is 6.07 Å². The average Bonchev–Trinajstić information content (AvgIpc) is 3.02. The lowest BCUT2D eigenvalue weighted by molar-refractivity contribution is -0.140. The second kappa shape index (κ2) is 6.42. The van der Waals surface area contributed by atoms with Crippen molar-refractivity contribution < 1.29 is 27.1 Å². The Kier molecular flexibility index (Phi) is 4.30. The molecule has 3 rings (SSSR count). The molecule has 0 radical (unpaired) electrons. The number of imidazole rings is 1. The number of benzene rings is 1. The molecule has 3 aromatic rings. The lowest BCUT2D eigenvalue weighted by atomic mass is 10.1. The minimum Gasteiger partial charge on any atom is -0.409 e. The highest BCUT2D eigenvalue weighted by molar-refractivity contribution is 5.63. The predicted octanol–water partition coefficient (Wildman–Crippen LogP) is 3.64. The Morgan fingerprint density at radius 2 is 2.04 bits per heavy atom. The maximum absolute atomic E-state index is 13.6. The fraction of sp³-hybridized carbons (Fsp3) is 0.125. The molecule has 0 amide bonds. The van der Waals surface area contributed by atoms with Crippen LogP contribution in [0.5, 0.6) is 5.88 Å². The third-order valence-electron chi connectivity index (χ3n) is 3.50. The minimum atomic E-state index is -4.74. The molecule has 0 aliphatic heterocycles. The van der Waals surface area contributed by atoms with E-state index in [9.17, 15) is 22.4 Å². The molecule has 0 saturated carbocycles. The molecule has 2 aromatic heterocycles. The highest BCUT2D eigenvalue weighted by atomic mass is 19.4. The molecule has 2 heterocycles. The fourth-order valence-electron chi connectivity index (χ4n) is 2.37. The first-order chi connectivity index (χ1) is 11.9. The molecule has 0 aliphatic rings. The van der Waals surface area contributed by atoms with Crippen molar-refractivity contribution in [2.75, 3.05) is 5.32 Å². The van der Waals surface area contributed by atoms with E-state index in [1.54, 1.807) is 18.3 Å². The van der Waals surface area contributed by atoms with Crippen LogP contribution < -0.4 is 10.1 Å². The van der Waals surface area contributed by atoms with Crippen LogP contribution in [0.25, 0.3) is 5.65 Å². The number of rotatable bonds is 5. The maximum Gasteiger partial charge on any atom is 0.419 e. The van der Waals surface area contributed by atoms with Crippen LogP contribution in [-0.2, 0) is 17.5 Å². The highest BCUT2D eigenvalue weighted by Gasteiger charge is 2.33. The van der Waals surface area contributed by atoms with E-state index < -0.39 is 17.6 Å². The molecule has 0 fully saturated rings. The van der Waals surface area contributed by atoms with Gasteiger partial charge in [0.25, 0.3) is 6.47 Å². The minimum absolute atomic E-state index is 0.0322. The zero-order chi connectivity index (χ0) is 18.0. The Balaban J connectivity index is 1.84. The molecule has 1 N–H and O–H groups in total. The van der Waals surface area contributed by atoms with Crippen LogP contribution in [0.15, 0.2) is 42.7 Å². The maximum atomic E-state index is 13.6. The molecule has 0 unspecified atom stereocenters. The van der Waals surface area contributed by atoms with E-state index in [2.05, 4.69) is 10.3 Å². The van der Waals surface area contributed by atoms with E-state index in [1.807, 2.05) is 0 Å². The van der Waals surface area contributed by atoms with E-state index in [0.29, 0.717) is 23.0 Å². The van der Waals surface area contributed by atoms with E-state index >= 15 is 0 Å². The highest BCUT2D eigenvalue weighted by Crippen LogP contribution is 2.32. The average molecular weight is 353 g/mol. The molecular formula is C16H11F4N3O2. The molecular weight excluding hydrogens is 342 g/mol. The summed E-state index contributed by atoms with van der Waals surface area (Å²) in [7, 11) is 0. The second-order valence-corrected chi connectivity index (χ2v) is 5.09.